The molecule has 0 spiro atoms. The number of thiazole rings is 1. The minimum atomic E-state index is -0.171. The molecular weight excluding hydrogens is 317 g/mol. The molecule has 1 aromatic heterocycles. The van der Waals surface area contributed by atoms with E-state index < -0.39 is 0 Å². The molecule has 2 aromatic carbocycles. The zero-order chi connectivity index (χ0) is 17.5. The van der Waals surface area contributed by atoms with Gasteiger partial charge in [-0.1, -0.05) is 52.8 Å². The van der Waals surface area contributed by atoms with Crippen molar-refractivity contribution in [2.45, 2.75) is 51.9 Å². The number of hydrogen-bond acceptors (Lipinski definition) is 2. The quantitative estimate of drug-likeness (QED) is 0.548. The third-order valence-electron chi connectivity index (χ3n) is 4.60. The number of rotatable bonds is 3. The number of hydrogen-bond donors (Lipinski definition) is 0. The van der Waals surface area contributed by atoms with Crippen molar-refractivity contribution in [2.24, 2.45) is 0 Å². The highest BCUT2D eigenvalue weighted by atomic mass is 32.1. The van der Waals surface area contributed by atoms with Crippen LogP contribution in [0.4, 0.5) is 4.39 Å². The molecule has 0 aliphatic carbocycles. The van der Waals surface area contributed by atoms with Crippen LogP contribution in [0.3, 0.4) is 0 Å². The van der Waals surface area contributed by atoms with Crippen molar-refractivity contribution in [1.29, 1.82) is 0 Å². The van der Waals surface area contributed by atoms with Gasteiger partial charge in [-0.15, -0.1) is 11.3 Å². The van der Waals surface area contributed by atoms with Crippen molar-refractivity contribution in [3.05, 3.63) is 64.4 Å². The second kappa shape index (κ2) is 5.96. The number of halogens is 1. The topological polar surface area (TPSA) is 12.9 Å². The number of aromatic nitrogens is 1. The molecule has 0 fully saturated rings. The van der Waals surface area contributed by atoms with Gasteiger partial charge in [0.1, 0.15) is 5.82 Å². The van der Waals surface area contributed by atoms with Crippen LogP contribution in [0.1, 0.15) is 51.3 Å². The normalized spacial score (nSPS) is 12.8. The molecule has 3 aromatic rings. The van der Waals surface area contributed by atoms with Gasteiger partial charge in [0.25, 0.3) is 0 Å². The van der Waals surface area contributed by atoms with E-state index >= 15 is 0 Å². The van der Waals surface area contributed by atoms with Gasteiger partial charge in [-0.2, -0.15) is 0 Å². The van der Waals surface area contributed by atoms with Crippen LogP contribution >= 0.6 is 11.3 Å². The molecule has 126 valence electrons. The highest BCUT2D eigenvalue weighted by molar-refractivity contribution is 7.16. The van der Waals surface area contributed by atoms with Gasteiger partial charge in [0.05, 0.1) is 15.7 Å². The Kier molecular flexibility index (Phi) is 4.25. The summed E-state index contributed by atoms with van der Waals surface area (Å²) in [6.45, 7) is 10.5. The van der Waals surface area contributed by atoms with E-state index in [1.165, 1.54) is 10.3 Å². The van der Waals surface area contributed by atoms with Gasteiger partial charge in [-0.3, -0.25) is 0 Å². The molecule has 0 N–H and O–H groups in total. The fourth-order valence-corrected chi connectivity index (χ4v) is 3.88. The van der Waals surface area contributed by atoms with Gasteiger partial charge in [0.2, 0.25) is 0 Å². The van der Waals surface area contributed by atoms with E-state index in [4.69, 9.17) is 0 Å². The Hall–Kier alpha value is -1.74. The Morgan fingerprint density at radius 3 is 2.42 bits per heavy atom. The second-order valence-corrected chi connectivity index (χ2v) is 9.05. The van der Waals surface area contributed by atoms with Crippen molar-refractivity contribution in [3.8, 4) is 0 Å². The first kappa shape index (κ1) is 17.1. The first-order valence-electron chi connectivity index (χ1n) is 8.29. The van der Waals surface area contributed by atoms with E-state index in [0.717, 1.165) is 23.1 Å². The minimum Gasteiger partial charge on any atom is -0.245 e. The van der Waals surface area contributed by atoms with E-state index in [1.807, 2.05) is 32.3 Å². The van der Waals surface area contributed by atoms with Crippen LogP contribution in [0.2, 0.25) is 0 Å². The molecule has 0 unspecified atom stereocenters. The summed E-state index contributed by atoms with van der Waals surface area (Å²) in [7, 11) is 0. The third kappa shape index (κ3) is 3.36. The van der Waals surface area contributed by atoms with Crippen LogP contribution in [-0.2, 0) is 17.3 Å². The van der Waals surface area contributed by atoms with Crippen LogP contribution in [0.5, 0.6) is 0 Å². The van der Waals surface area contributed by atoms with E-state index in [2.05, 4.69) is 43.1 Å². The lowest BCUT2D eigenvalue weighted by atomic mass is 9.78. The van der Waals surface area contributed by atoms with Gasteiger partial charge >= 0.3 is 0 Å². The summed E-state index contributed by atoms with van der Waals surface area (Å²) in [5.41, 5.74) is 5.76. The molecule has 0 bridgehead atoms. The van der Waals surface area contributed by atoms with Gasteiger partial charge in [0.15, 0.2) is 0 Å². The van der Waals surface area contributed by atoms with Gasteiger partial charge in [0, 0.05) is 0 Å². The molecule has 24 heavy (non-hydrogen) atoms. The molecule has 0 aliphatic rings. The van der Waals surface area contributed by atoms with Gasteiger partial charge in [-0.25, -0.2) is 9.37 Å². The van der Waals surface area contributed by atoms with Crippen molar-refractivity contribution >= 4 is 21.6 Å². The number of benzene rings is 2. The Labute approximate surface area is 147 Å². The standard InChI is InChI=1S/C21H24FNS/c1-20(2,3)16-8-6-14(10-17(16)22)12-21(4,5)15-7-9-18-19(11-15)24-13-23-18/h6-11,13H,12H2,1-5H3. The lowest BCUT2D eigenvalue weighted by Gasteiger charge is -2.26. The fraction of sp³-hybridized carbons (Fsp3) is 0.381. The van der Waals surface area contributed by atoms with Crippen molar-refractivity contribution < 1.29 is 4.39 Å². The molecule has 0 radical (unpaired) electrons. The monoisotopic (exact) mass is 341 g/mol. The SMILES string of the molecule is CC(C)(C)c1ccc(CC(C)(C)c2ccc3ncsc3c2)cc1F. The lowest BCUT2D eigenvalue weighted by Crippen LogP contribution is -2.21. The Morgan fingerprint density at radius 1 is 1.00 bits per heavy atom. The van der Waals surface area contributed by atoms with Crippen LogP contribution < -0.4 is 0 Å². The zero-order valence-electron chi connectivity index (χ0n) is 15.0. The maximum Gasteiger partial charge on any atom is 0.127 e. The minimum absolute atomic E-state index is 0.0616. The van der Waals surface area contributed by atoms with E-state index in [1.54, 1.807) is 17.4 Å². The van der Waals surface area contributed by atoms with Crippen LogP contribution in [0.25, 0.3) is 10.2 Å². The largest absolute Gasteiger partial charge is 0.245 e. The Balaban J connectivity index is 1.89. The summed E-state index contributed by atoms with van der Waals surface area (Å²) < 4.78 is 15.7. The number of nitrogens with zero attached hydrogens (tertiary/aromatic N) is 1. The van der Waals surface area contributed by atoms with Crippen molar-refractivity contribution in [1.82, 2.24) is 4.98 Å². The van der Waals surface area contributed by atoms with E-state index in [-0.39, 0.29) is 16.6 Å². The molecular formula is C21H24FNS. The van der Waals surface area contributed by atoms with Crippen LogP contribution in [0.15, 0.2) is 41.9 Å². The van der Waals surface area contributed by atoms with Gasteiger partial charge in [-0.05, 0) is 52.1 Å². The van der Waals surface area contributed by atoms with Crippen LogP contribution in [-0.4, -0.2) is 4.98 Å². The average Bonchev–Trinajstić information content (AvgIpc) is 2.92. The average molecular weight is 341 g/mol. The van der Waals surface area contributed by atoms with Crippen molar-refractivity contribution in [3.63, 3.8) is 0 Å². The second-order valence-electron chi connectivity index (χ2n) is 8.16. The third-order valence-corrected chi connectivity index (χ3v) is 5.39. The first-order chi connectivity index (χ1) is 11.2. The summed E-state index contributed by atoms with van der Waals surface area (Å²) in [4.78, 5) is 4.34. The van der Waals surface area contributed by atoms with Gasteiger partial charge < -0.3 is 0 Å². The lowest BCUT2D eigenvalue weighted by molar-refractivity contribution is 0.507. The molecule has 0 saturated carbocycles. The Morgan fingerprint density at radius 2 is 1.75 bits per heavy atom. The molecule has 3 rings (SSSR count). The molecule has 0 amide bonds. The summed E-state index contributed by atoms with van der Waals surface area (Å²) in [6.07, 6.45) is 0.804. The number of fused-ring (bicyclic) bond motifs is 1. The molecule has 1 heterocycles. The predicted molar refractivity (Wildman–Crippen MR) is 101 cm³/mol. The summed E-state index contributed by atoms with van der Waals surface area (Å²) >= 11 is 1.66. The predicted octanol–water partition coefficient (Wildman–Crippen LogP) is 6.25. The summed E-state index contributed by atoms with van der Waals surface area (Å²) in [5, 5.41) is 0. The zero-order valence-corrected chi connectivity index (χ0v) is 15.8. The van der Waals surface area contributed by atoms with Crippen LogP contribution in [0, 0.1) is 5.82 Å². The van der Waals surface area contributed by atoms with E-state index in [9.17, 15) is 4.39 Å². The fourth-order valence-electron chi connectivity index (χ4n) is 3.17. The summed E-state index contributed by atoms with van der Waals surface area (Å²) in [5.74, 6) is -0.103. The Bertz CT molecular complexity index is 871. The molecule has 0 atom stereocenters. The maximum atomic E-state index is 14.5. The molecule has 1 nitrogen and oxygen atoms in total. The summed E-state index contributed by atoms with van der Waals surface area (Å²) in [6, 6.07) is 12.1. The first-order valence-corrected chi connectivity index (χ1v) is 9.17. The molecule has 0 aliphatic heterocycles. The molecule has 0 saturated heterocycles. The smallest absolute Gasteiger partial charge is 0.127 e. The molecule has 3 heteroatoms. The highest BCUT2D eigenvalue weighted by Gasteiger charge is 2.24. The van der Waals surface area contributed by atoms with Crippen molar-refractivity contribution in [2.75, 3.05) is 0 Å². The van der Waals surface area contributed by atoms with E-state index in [0.29, 0.717) is 0 Å². The maximum absolute atomic E-state index is 14.5. The highest BCUT2D eigenvalue weighted by Crippen LogP contribution is 2.32.